The first-order valence-corrected chi connectivity index (χ1v) is 10.6. The van der Waals surface area contributed by atoms with Crippen molar-refractivity contribution in [1.29, 1.82) is 0 Å². The molecule has 0 aromatic carbocycles. The highest BCUT2D eigenvalue weighted by molar-refractivity contribution is 6.04. The number of nitrogens with one attached hydrogen (secondary N) is 2. The molecule has 28 heavy (non-hydrogen) atoms. The molecule has 0 aliphatic heterocycles. The minimum absolute atomic E-state index is 0.174. The monoisotopic (exact) mass is 383 g/mol. The fraction of sp³-hybridized carbons (Fsp3) is 0.636. The van der Waals surface area contributed by atoms with E-state index in [0.717, 1.165) is 42.5 Å². The summed E-state index contributed by atoms with van der Waals surface area (Å²) in [6, 6.07) is 1.95. The van der Waals surface area contributed by atoms with Crippen LogP contribution in [-0.4, -0.2) is 39.3 Å². The Bertz CT molecular complexity index is 890. The summed E-state index contributed by atoms with van der Waals surface area (Å²) in [7, 11) is 0. The highest BCUT2D eigenvalue weighted by Gasteiger charge is 2.54. The molecule has 150 valence electrons. The average molecular weight is 383 g/mol. The van der Waals surface area contributed by atoms with Crippen LogP contribution in [0.4, 0.5) is 5.69 Å². The van der Waals surface area contributed by atoms with Crippen molar-refractivity contribution in [3.8, 4) is 0 Å². The number of aromatic nitrogens is 2. The van der Waals surface area contributed by atoms with Crippen LogP contribution < -0.4 is 5.32 Å². The third-order valence-electron chi connectivity index (χ3n) is 7.10. The van der Waals surface area contributed by atoms with Gasteiger partial charge in [0.2, 0.25) is 0 Å². The van der Waals surface area contributed by atoms with E-state index in [2.05, 4.69) is 15.3 Å². The number of carbonyl (C=O) groups excluding carboxylic acids is 1. The van der Waals surface area contributed by atoms with E-state index in [-0.39, 0.29) is 12.1 Å². The van der Waals surface area contributed by atoms with Crippen LogP contribution in [0.5, 0.6) is 0 Å². The largest absolute Gasteiger partial charge is 0.459 e. The van der Waals surface area contributed by atoms with Gasteiger partial charge in [-0.1, -0.05) is 0 Å². The molecular weight excluding hydrogens is 354 g/mol. The van der Waals surface area contributed by atoms with E-state index in [1.54, 1.807) is 6.20 Å². The Kier molecular flexibility index (Phi) is 4.16. The molecule has 2 aromatic heterocycles. The Hall–Kier alpha value is -2.08. The summed E-state index contributed by atoms with van der Waals surface area (Å²) < 4.78 is 5.44. The summed E-state index contributed by atoms with van der Waals surface area (Å²) in [5, 5.41) is 15.3. The Morgan fingerprint density at radius 3 is 2.79 bits per heavy atom. The highest BCUT2D eigenvalue weighted by atomic mass is 16.5. The number of carbonyl (C=O) groups is 1. The maximum Gasteiger partial charge on any atom is 0.342 e. The van der Waals surface area contributed by atoms with Crippen molar-refractivity contribution in [3.05, 3.63) is 24.0 Å². The third kappa shape index (κ3) is 2.98. The molecule has 4 aliphatic rings. The number of hydrogen-bond donors (Lipinski definition) is 3. The summed E-state index contributed by atoms with van der Waals surface area (Å²) in [4.78, 5) is 20.1. The molecular formula is C22H29N3O3. The second-order valence-electron chi connectivity index (χ2n) is 9.48. The number of nitrogens with zero attached hydrogens (tertiary/aromatic N) is 1. The molecule has 6 nitrogen and oxygen atoms in total. The molecule has 0 saturated heterocycles. The quantitative estimate of drug-likeness (QED) is 0.685. The normalized spacial score (nSPS) is 33.6. The molecule has 2 atom stereocenters. The van der Waals surface area contributed by atoms with Crippen molar-refractivity contribution in [2.45, 2.75) is 57.7 Å². The van der Waals surface area contributed by atoms with E-state index in [9.17, 15) is 9.90 Å². The zero-order valence-corrected chi connectivity index (χ0v) is 16.6. The van der Waals surface area contributed by atoms with Gasteiger partial charge < -0.3 is 20.1 Å². The lowest BCUT2D eigenvalue weighted by atomic mass is 9.50. The van der Waals surface area contributed by atoms with Gasteiger partial charge in [-0.2, -0.15) is 0 Å². The zero-order valence-electron chi connectivity index (χ0n) is 16.6. The summed E-state index contributed by atoms with van der Waals surface area (Å²) in [6.07, 6.45) is 8.62. The second-order valence-corrected chi connectivity index (χ2v) is 9.48. The third-order valence-corrected chi connectivity index (χ3v) is 7.10. The van der Waals surface area contributed by atoms with Crippen LogP contribution >= 0.6 is 0 Å². The number of anilines is 1. The molecule has 4 saturated carbocycles. The molecule has 2 heterocycles. The number of esters is 1. The average Bonchev–Trinajstić information content (AvgIpc) is 3.07. The molecule has 3 N–H and O–H groups in total. The van der Waals surface area contributed by atoms with Crippen molar-refractivity contribution in [2.24, 2.45) is 23.7 Å². The van der Waals surface area contributed by atoms with Gasteiger partial charge in [0, 0.05) is 24.3 Å². The molecule has 6 rings (SSSR count). The lowest BCUT2D eigenvalue weighted by molar-refractivity contribution is -0.148. The first-order valence-electron chi connectivity index (χ1n) is 10.6. The maximum absolute atomic E-state index is 12.6. The smallest absolute Gasteiger partial charge is 0.342 e. The molecule has 0 spiro atoms. The predicted octanol–water partition coefficient (Wildman–Crippen LogP) is 3.73. The van der Waals surface area contributed by atoms with Gasteiger partial charge in [0.1, 0.15) is 11.2 Å². The Balaban J connectivity index is 1.40. The maximum atomic E-state index is 12.6. The van der Waals surface area contributed by atoms with Gasteiger partial charge in [-0.05, 0) is 75.7 Å². The van der Waals surface area contributed by atoms with Crippen molar-refractivity contribution in [1.82, 2.24) is 9.97 Å². The molecule has 6 heteroatoms. The molecule has 4 fully saturated rings. The molecule has 2 unspecified atom stereocenters. The lowest BCUT2D eigenvalue weighted by Gasteiger charge is -2.58. The first kappa shape index (κ1) is 18.0. The number of aromatic amines is 1. The predicted molar refractivity (Wildman–Crippen MR) is 107 cm³/mol. The standard InChI is InChI=1S/C22H29N3O3/c1-12(2)28-21(26)18-11-25-20-16(3-4-23-20)19(18)24-10-17-14-5-13-6-15(17)9-22(27,7-13)8-14/h3-4,11-15,17,27H,5-10H2,1-2H3,(H2,23,24,25). The summed E-state index contributed by atoms with van der Waals surface area (Å²) in [5.41, 5.74) is 1.65. The van der Waals surface area contributed by atoms with Crippen molar-refractivity contribution < 1.29 is 14.6 Å². The number of aliphatic hydroxyl groups is 1. The molecule has 2 aromatic rings. The van der Waals surface area contributed by atoms with Gasteiger partial charge in [0.25, 0.3) is 0 Å². The SMILES string of the molecule is CC(C)OC(=O)c1cnc2[nH]ccc2c1NCC1C2CC3CC1CC(O)(C3)C2. The molecule has 4 bridgehead atoms. The fourth-order valence-electron chi connectivity index (χ4n) is 6.27. The molecule has 0 amide bonds. The molecule has 0 radical (unpaired) electrons. The summed E-state index contributed by atoms with van der Waals surface area (Å²) >= 11 is 0. The van der Waals surface area contributed by atoms with Crippen molar-refractivity contribution in [2.75, 3.05) is 11.9 Å². The minimum atomic E-state index is -0.413. The lowest BCUT2D eigenvalue weighted by Crippen LogP contribution is -2.55. The van der Waals surface area contributed by atoms with Gasteiger partial charge in [-0.25, -0.2) is 9.78 Å². The van der Waals surface area contributed by atoms with Gasteiger partial charge in [0.05, 0.1) is 17.4 Å². The van der Waals surface area contributed by atoms with E-state index in [1.165, 1.54) is 12.8 Å². The van der Waals surface area contributed by atoms with Crippen LogP contribution in [0.2, 0.25) is 0 Å². The Morgan fingerprint density at radius 1 is 1.36 bits per heavy atom. The van der Waals surface area contributed by atoms with Gasteiger partial charge in [-0.15, -0.1) is 0 Å². The minimum Gasteiger partial charge on any atom is -0.459 e. The van der Waals surface area contributed by atoms with Crippen LogP contribution in [0.25, 0.3) is 11.0 Å². The van der Waals surface area contributed by atoms with Crippen LogP contribution in [0.3, 0.4) is 0 Å². The van der Waals surface area contributed by atoms with Crippen molar-refractivity contribution in [3.63, 3.8) is 0 Å². The van der Waals surface area contributed by atoms with E-state index in [4.69, 9.17) is 4.74 Å². The Morgan fingerprint density at radius 2 is 2.11 bits per heavy atom. The summed E-state index contributed by atoms with van der Waals surface area (Å²) in [6.45, 7) is 4.53. The zero-order chi connectivity index (χ0) is 19.5. The van der Waals surface area contributed by atoms with E-state index < -0.39 is 5.60 Å². The number of ether oxygens (including phenoxy) is 1. The number of H-pyrrole nitrogens is 1. The fourth-order valence-corrected chi connectivity index (χ4v) is 6.27. The van der Waals surface area contributed by atoms with Gasteiger partial charge >= 0.3 is 5.97 Å². The number of hydrogen-bond acceptors (Lipinski definition) is 5. The van der Waals surface area contributed by atoms with Crippen LogP contribution in [0.1, 0.15) is 56.3 Å². The van der Waals surface area contributed by atoms with Gasteiger partial charge in [-0.3, -0.25) is 0 Å². The topological polar surface area (TPSA) is 87.2 Å². The number of fused-ring (bicyclic) bond motifs is 1. The van der Waals surface area contributed by atoms with E-state index >= 15 is 0 Å². The number of pyridine rings is 1. The second kappa shape index (κ2) is 6.48. The Labute approximate surface area is 165 Å². The van der Waals surface area contributed by atoms with Crippen LogP contribution in [0.15, 0.2) is 18.5 Å². The van der Waals surface area contributed by atoms with E-state index in [1.807, 2.05) is 26.1 Å². The highest BCUT2D eigenvalue weighted by Crippen LogP contribution is 2.58. The molecule has 4 aliphatic carbocycles. The first-order chi connectivity index (χ1) is 13.4. The van der Waals surface area contributed by atoms with Crippen LogP contribution in [-0.2, 0) is 4.74 Å². The van der Waals surface area contributed by atoms with Crippen LogP contribution in [0, 0.1) is 23.7 Å². The number of rotatable bonds is 5. The van der Waals surface area contributed by atoms with Crippen molar-refractivity contribution >= 4 is 22.7 Å². The van der Waals surface area contributed by atoms with E-state index in [0.29, 0.717) is 29.2 Å². The van der Waals surface area contributed by atoms with Gasteiger partial charge in [0.15, 0.2) is 0 Å². The summed E-state index contributed by atoms with van der Waals surface area (Å²) in [5.74, 6) is 2.07.